The summed E-state index contributed by atoms with van der Waals surface area (Å²) in [6, 6.07) is 7.46. The molecule has 0 aliphatic carbocycles. The van der Waals surface area contributed by atoms with Gasteiger partial charge in [-0.1, -0.05) is 0 Å². The Balaban J connectivity index is 2.09. The maximum absolute atomic E-state index is 11.9. The number of benzene rings is 1. The lowest BCUT2D eigenvalue weighted by atomic mass is 10.2. The molecule has 1 aromatic heterocycles. The molecule has 8 heteroatoms. The summed E-state index contributed by atoms with van der Waals surface area (Å²) >= 11 is 1.37. The lowest BCUT2D eigenvalue weighted by molar-refractivity contribution is -0.118. The number of hydrogen-bond acceptors (Lipinski definition) is 6. The van der Waals surface area contributed by atoms with Crippen molar-refractivity contribution in [3.8, 4) is 16.3 Å². The first kappa shape index (κ1) is 17.4. The molecule has 0 fully saturated rings. The summed E-state index contributed by atoms with van der Waals surface area (Å²) in [4.78, 5) is 15.6. The minimum atomic E-state index is -3.52. The highest BCUT2D eigenvalue weighted by molar-refractivity contribution is 7.91. The van der Waals surface area contributed by atoms with Crippen LogP contribution in [0.3, 0.4) is 0 Å². The Morgan fingerprint density at radius 3 is 2.61 bits per heavy atom. The molecule has 0 bridgehead atoms. The lowest BCUT2D eigenvalue weighted by Crippen LogP contribution is -2.27. The van der Waals surface area contributed by atoms with Crippen LogP contribution in [-0.2, 0) is 20.4 Å². The fourth-order valence-corrected chi connectivity index (χ4v) is 4.09. The van der Waals surface area contributed by atoms with E-state index in [9.17, 15) is 13.2 Å². The van der Waals surface area contributed by atoms with Crippen molar-refractivity contribution in [2.45, 2.75) is 12.7 Å². The van der Waals surface area contributed by atoms with Gasteiger partial charge in [0.05, 0.1) is 18.1 Å². The molecule has 0 radical (unpaired) electrons. The van der Waals surface area contributed by atoms with E-state index in [0.29, 0.717) is 12.3 Å². The van der Waals surface area contributed by atoms with Crippen molar-refractivity contribution in [3.63, 3.8) is 0 Å². The lowest BCUT2D eigenvalue weighted by Gasteiger charge is -2.03. The first-order chi connectivity index (χ1) is 10.9. The van der Waals surface area contributed by atoms with Gasteiger partial charge in [-0.15, -0.1) is 11.3 Å². The molecule has 2 rings (SSSR count). The van der Waals surface area contributed by atoms with Crippen LogP contribution in [0.1, 0.15) is 12.6 Å². The van der Waals surface area contributed by atoms with Crippen LogP contribution in [0.25, 0.3) is 10.6 Å². The van der Waals surface area contributed by atoms with Crippen LogP contribution < -0.4 is 10.1 Å². The minimum Gasteiger partial charge on any atom is -0.494 e. The maximum Gasteiger partial charge on any atom is 0.234 e. The van der Waals surface area contributed by atoms with Gasteiger partial charge in [0.25, 0.3) is 0 Å². The number of aromatic nitrogens is 1. The summed E-state index contributed by atoms with van der Waals surface area (Å²) in [5.41, 5.74) is 1.34. The van der Waals surface area contributed by atoms with Crippen molar-refractivity contribution < 1.29 is 17.9 Å². The summed E-state index contributed by atoms with van der Waals surface area (Å²) in [5.74, 6) is -0.513. The number of rotatable bonds is 7. The smallest absolute Gasteiger partial charge is 0.234 e. The first-order valence-electron chi connectivity index (χ1n) is 7.02. The molecule has 0 aliphatic heterocycles. The second-order valence-electron chi connectivity index (χ2n) is 4.81. The van der Waals surface area contributed by atoms with Gasteiger partial charge in [0.15, 0.2) is 9.84 Å². The summed E-state index contributed by atoms with van der Waals surface area (Å²) < 4.78 is 29.2. The second-order valence-corrected chi connectivity index (χ2v) is 7.73. The van der Waals surface area contributed by atoms with E-state index < -0.39 is 21.5 Å². The highest BCUT2D eigenvalue weighted by atomic mass is 32.2. The van der Waals surface area contributed by atoms with Gasteiger partial charge in [0.1, 0.15) is 16.5 Å². The maximum atomic E-state index is 11.9. The zero-order valence-electron chi connectivity index (χ0n) is 12.9. The number of hydrogen-bond donors (Lipinski definition) is 1. The number of thiazole rings is 1. The molecule has 6 nitrogen and oxygen atoms in total. The number of nitrogens with one attached hydrogen (secondary N) is 1. The summed E-state index contributed by atoms with van der Waals surface area (Å²) in [7, 11) is -2.11. The SMILES string of the molecule is CCOc1ccc(-c2nc(CS(=O)(=O)CC(=O)NC)cs2)cc1. The molecule has 124 valence electrons. The van der Waals surface area contributed by atoms with Crippen LogP contribution in [0.4, 0.5) is 0 Å². The van der Waals surface area contributed by atoms with Crippen molar-refractivity contribution in [3.05, 3.63) is 35.3 Å². The molecule has 2 aromatic rings. The van der Waals surface area contributed by atoms with Gasteiger partial charge in [-0.2, -0.15) is 0 Å². The van der Waals surface area contributed by atoms with E-state index in [2.05, 4.69) is 10.3 Å². The molecule has 0 saturated heterocycles. The number of amides is 1. The van der Waals surface area contributed by atoms with E-state index in [0.717, 1.165) is 16.3 Å². The number of carbonyl (C=O) groups excluding carboxylic acids is 1. The normalized spacial score (nSPS) is 11.2. The zero-order valence-corrected chi connectivity index (χ0v) is 14.5. The van der Waals surface area contributed by atoms with Gasteiger partial charge >= 0.3 is 0 Å². The molecule has 1 N–H and O–H groups in total. The van der Waals surface area contributed by atoms with Gasteiger partial charge in [-0.3, -0.25) is 4.79 Å². The number of nitrogens with zero attached hydrogens (tertiary/aromatic N) is 1. The van der Waals surface area contributed by atoms with Crippen LogP contribution in [0.5, 0.6) is 5.75 Å². The molecule has 0 saturated carbocycles. The molecule has 0 aliphatic rings. The van der Waals surface area contributed by atoms with Crippen LogP contribution in [0.15, 0.2) is 29.6 Å². The number of sulfone groups is 1. The molecule has 23 heavy (non-hydrogen) atoms. The Morgan fingerprint density at radius 2 is 2.00 bits per heavy atom. The molecule has 1 heterocycles. The van der Waals surface area contributed by atoms with E-state index in [1.165, 1.54) is 18.4 Å². The van der Waals surface area contributed by atoms with Gasteiger partial charge in [0.2, 0.25) is 5.91 Å². The highest BCUT2D eigenvalue weighted by Crippen LogP contribution is 2.26. The standard InChI is InChI=1S/C15H18N2O4S2/c1-3-21-13-6-4-11(5-7-13)15-17-12(8-22-15)9-23(19,20)10-14(18)16-2/h4-8H,3,9-10H2,1-2H3,(H,16,18). The minimum absolute atomic E-state index is 0.242. The fourth-order valence-electron chi connectivity index (χ4n) is 1.91. The average molecular weight is 354 g/mol. The third kappa shape index (κ3) is 5.04. The Kier molecular flexibility index (Phi) is 5.73. The van der Waals surface area contributed by atoms with E-state index in [4.69, 9.17) is 4.74 Å². The molecule has 0 atom stereocenters. The molecular weight excluding hydrogens is 336 g/mol. The quantitative estimate of drug-likeness (QED) is 0.820. The van der Waals surface area contributed by atoms with E-state index in [-0.39, 0.29) is 5.75 Å². The van der Waals surface area contributed by atoms with E-state index in [1.807, 2.05) is 31.2 Å². The largest absolute Gasteiger partial charge is 0.494 e. The predicted molar refractivity (Wildman–Crippen MR) is 90.3 cm³/mol. The topological polar surface area (TPSA) is 85.4 Å². The molecule has 0 spiro atoms. The second kappa shape index (κ2) is 7.56. The van der Waals surface area contributed by atoms with Gasteiger partial charge < -0.3 is 10.1 Å². The van der Waals surface area contributed by atoms with E-state index >= 15 is 0 Å². The van der Waals surface area contributed by atoms with Crippen molar-refractivity contribution in [1.29, 1.82) is 0 Å². The molecule has 0 unspecified atom stereocenters. The monoisotopic (exact) mass is 354 g/mol. The fraction of sp³-hybridized carbons (Fsp3) is 0.333. The van der Waals surface area contributed by atoms with Crippen molar-refractivity contribution in [2.75, 3.05) is 19.4 Å². The third-order valence-electron chi connectivity index (χ3n) is 2.96. The third-order valence-corrected chi connectivity index (χ3v) is 5.34. The van der Waals surface area contributed by atoms with Gasteiger partial charge in [-0.25, -0.2) is 13.4 Å². The summed E-state index contributed by atoms with van der Waals surface area (Å²) in [6.07, 6.45) is 0. The molecular formula is C15H18N2O4S2. The Hall–Kier alpha value is -1.93. The van der Waals surface area contributed by atoms with Crippen LogP contribution in [-0.4, -0.2) is 38.7 Å². The first-order valence-corrected chi connectivity index (χ1v) is 9.72. The van der Waals surface area contributed by atoms with Crippen LogP contribution in [0, 0.1) is 0 Å². The van der Waals surface area contributed by atoms with Crippen LogP contribution in [0.2, 0.25) is 0 Å². The average Bonchev–Trinajstić information content (AvgIpc) is 2.95. The van der Waals surface area contributed by atoms with Crippen molar-refractivity contribution >= 4 is 27.1 Å². The molecule has 1 aromatic carbocycles. The Morgan fingerprint density at radius 1 is 1.30 bits per heavy atom. The van der Waals surface area contributed by atoms with E-state index in [1.54, 1.807) is 5.38 Å². The summed E-state index contributed by atoms with van der Waals surface area (Å²) in [6.45, 7) is 2.52. The number of carbonyl (C=O) groups is 1. The van der Waals surface area contributed by atoms with Crippen LogP contribution >= 0.6 is 11.3 Å². The van der Waals surface area contributed by atoms with Crippen molar-refractivity contribution in [1.82, 2.24) is 10.3 Å². The van der Waals surface area contributed by atoms with Gasteiger partial charge in [0, 0.05) is 18.0 Å². The van der Waals surface area contributed by atoms with Gasteiger partial charge in [-0.05, 0) is 31.2 Å². The predicted octanol–water partition coefficient (Wildman–Crippen LogP) is 1.87. The Bertz CT molecular complexity index is 767. The van der Waals surface area contributed by atoms with Crippen molar-refractivity contribution in [2.24, 2.45) is 0 Å². The number of ether oxygens (including phenoxy) is 1. The zero-order chi connectivity index (χ0) is 16.9. The summed E-state index contributed by atoms with van der Waals surface area (Å²) in [5, 5.41) is 4.74. The Labute approximate surface area is 139 Å². The highest BCUT2D eigenvalue weighted by Gasteiger charge is 2.18. The molecule has 1 amide bonds.